The molecule has 0 amide bonds. The van der Waals surface area contributed by atoms with E-state index in [4.69, 9.17) is 9.47 Å². The average molecular weight is 403 g/mol. The van der Waals surface area contributed by atoms with Gasteiger partial charge in [-0.05, 0) is 98.2 Å². The summed E-state index contributed by atoms with van der Waals surface area (Å²) in [5, 5.41) is 0. The molecule has 29 heavy (non-hydrogen) atoms. The monoisotopic (exact) mass is 402 g/mol. The Kier molecular flexibility index (Phi) is 5.92. The van der Waals surface area contributed by atoms with Crippen LogP contribution in [0, 0.1) is 40.4 Å². The van der Waals surface area contributed by atoms with Gasteiger partial charge in [0.15, 0.2) is 0 Å². The first-order valence-corrected chi connectivity index (χ1v) is 12.1. The first kappa shape index (κ1) is 21.4. The molecule has 4 aliphatic carbocycles. The zero-order valence-corrected chi connectivity index (χ0v) is 19.3. The van der Waals surface area contributed by atoms with Crippen LogP contribution in [0.4, 0.5) is 0 Å². The Morgan fingerprint density at radius 1 is 1.14 bits per heavy atom. The van der Waals surface area contributed by atoms with Gasteiger partial charge >= 0.3 is 5.97 Å². The molecule has 0 radical (unpaired) electrons. The van der Waals surface area contributed by atoms with Crippen LogP contribution in [0.1, 0.15) is 85.0 Å². The Morgan fingerprint density at radius 3 is 2.66 bits per heavy atom. The van der Waals surface area contributed by atoms with Gasteiger partial charge in [0.1, 0.15) is 0 Å². The molecule has 0 unspecified atom stereocenters. The van der Waals surface area contributed by atoms with Crippen LogP contribution in [0.25, 0.3) is 0 Å². The summed E-state index contributed by atoms with van der Waals surface area (Å²) >= 11 is 0. The van der Waals surface area contributed by atoms with Gasteiger partial charge in [-0.25, -0.2) is 0 Å². The zero-order chi connectivity index (χ0) is 20.8. The molecule has 0 aromatic rings. The van der Waals surface area contributed by atoms with Crippen LogP contribution in [-0.2, 0) is 14.3 Å². The van der Waals surface area contributed by atoms with Gasteiger partial charge in [0.2, 0.25) is 0 Å². The molecule has 4 rings (SSSR count). The lowest BCUT2D eigenvalue weighted by Gasteiger charge is -2.58. The van der Waals surface area contributed by atoms with Crippen molar-refractivity contribution in [2.45, 2.75) is 91.1 Å². The molecule has 3 heteroatoms. The number of hydrogen-bond acceptors (Lipinski definition) is 3. The number of fused-ring (bicyclic) bond motifs is 5. The molecule has 0 aromatic heterocycles. The highest BCUT2D eigenvalue weighted by Crippen LogP contribution is 2.67. The molecule has 3 nitrogen and oxygen atoms in total. The minimum atomic E-state index is -0.0511. The maximum Gasteiger partial charge on any atom is 0.305 e. The maximum atomic E-state index is 11.7. The molecule has 0 spiro atoms. The molecule has 0 saturated heterocycles. The van der Waals surface area contributed by atoms with E-state index in [1.54, 1.807) is 5.57 Å². The van der Waals surface area contributed by atoms with Crippen LogP contribution in [0.2, 0.25) is 0 Å². The van der Waals surface area contributed by atoms with Crippen molar-refractivity contribution in [3.05, 3.63) is 11.6 Å². The average Bonchev–Trinajstić information content (AvgIpc) is 3.08. The molecule has 8 atom stereocenters. The second-order valence-corrected chi connectivity index (χ2v) is 11.2. The van der Waals surface area contributed by atoms with E-state index >= 15 is 0 Å². The van der Waals surface area contributed by atoms with E-state index < -0.39 is 0 Å². The molecule has 3 fully saturated rings. The van der Waals surface area contributed by atoms with Crippen molar-refractivity contribution in [3.8, 4) is 0 Å². The van der Waals surface area contributed by atoms with Gasteiger partial charge in [-0.1, -0.05) is 32.4 Å². The van der Waals surface area contributed by atoms with Crippen LogP contribution < -0.4 is 0 Å². The number of ether oxygens (including phenoxy) is 2. The van der Waals surface area contributed by atoms with Gasteiger partial charge in [-0.15, -0.1) is 0 Å². The number of rotatable bonds is 5. The zero-order valence-electron chi connectivity index (χ0n) is 19.3. The summed E-state index contributed by atoms with van der Waals surface area (Å²) in [7, 11) is 3.39. The molecule has 0 aliphatic heterocycles. The molecule has 0 aromatic carbocycles. The molecular formula is C26H42O3. The van der Waals surface area contributed by atoms with Gasteiger partial charge in [0.25, 0.3) is 0 Å². The first-order chi connectivity index (χ1) is 13.8. The third-order valence-corrected chi connectivity index (χ3v) is 10.2. The minimum Gasteiger partial charge on any atom is -0.469 e. The van der Waals surface area contributed by atoms with Crippen molar-refractivity contribution in [1.29, 1.82) is 0 Å². The van der Waals surface area contributed by atoms with E-state index in [1.807, 2.05) is 7.11 Å². The summed E-state index contributed by atoms with van der Waals surface area (Å²) in [4.78, 5) is 11.7. The number of carbonyl (C=O) groups is 1. The third kappa shape index (κ3) is 3.50. The van der Waals surface area contributed by atoms with Crippen molar-refractivity contribution in [2.75, 3.05) is 14.2 Å². The number of carbonyl (C=O) groups excluding carboxylic acids is 1. The summed E-state index contributed by atoms with van der Waals surface area (Å²) in [6, 6.07) is 0. The molecule has 0 heterocycles. The van der Waals surface area contributed by atoms with E-state index in [1.165, 1.54) is 52.1 Å². The first-order valence-electron chi connectivity index (χ1n) is 12.1. The Morgan fingerprint density at radius 2 is 1.93 bits per heavy atom. The normalized spacial score (nSPS) is 44.9. The standard InChI is InChI=1S/C26H42O3/c1-17(6-11-24(27)29-5)21-9-10-22-20-8-7-18-16-19(28-4)12-14-25(18,2)23(20)13-15-26(21,22)3/h7,17,19-23H,6,8-16H2,1-5H3/t17-,19+,20+,21-,22+,23+,25+,26-/m1/s1. The fraction of sp³-hybridized carbons (Fsp3) is 0.885. The smallest absolute Gasteiger partial charge is 0.305 e. The Bertz CT molecular complexity index is 654. The highest BCUT2D eigenvalue weighted by Gasteiger charge is 2.59. The molecular weight excluding hydrogens is 360 g/mol. The second-order valence-electron chi connectivity index (χ2n) is 11.2. The fourth-order valence-corrected chi connectivity index (χ4v) is 8.45. The van der Waals surface area contributed by atoms with Gasteiger partial charge in [0, 0.05) is 13.5 Å². The summed E-state index contributed by atoms with van der Waals surface area (Å²) < 4.78 is 10.6. The van der Waals surface area contributed by atoms with Crippen LogP contribution >= 0.6 is 0 Å². The van der Waals surface area contributed by atoms with E-state index in [-0.39, 0.29) is 5.97 Å². The van der Waals surface area contributed by atoms with Crippen molar-refractivity contribution in [1.82, 2.24) is 0 Å². The highest BCUT2D eigenvalue weighted by atomic mass is 16.5. The van der Waals surface area contributed by atoms with E-state index in [2.05, 4.69) is 26.8 Å². The summed E-state index contributed by atoms with van der Waals surface area (Å²) in [5.41, 5.74) is 2.58. The van der Waals surface area contributed by atoms with E-state index in [0.29, 0.717) is 29.3 Å². The third-order valence-electron chi connectivity index (χ3n) is 10.2. The molecule has 0 bridgehead atoms. The topological polar surface area (TPSA) is 35.5 Å². The number of methoxy groups -OCH3 is 2. The SMILES string of the molecule is COC(=O)CC[C@@H](C)[C@H]1CC[C@H]2[C@@H]3CC=C4C[C@@H](OC)CC[C@]4(C)[C@H]3CC[C@]12C. The summed E-state index contributed by atoms with van der Waals surface area (Å²) in [6.45, 7) is 7.57. The molecule has 4 aliphatic rings. The van der Waals surface area contributed by atoms with Crippen LogP contribution in [-0.4, -0.2) is 26.3 Å². The minimum absolute atomic E-state index is 0.0511. The van der Waals surface area contributed by atoms with Crippen molar-refractivity contribution in [3.63, 3.8) is 0 Å². The van der Waals surface area contributed by atoms with Crippen molar-refractivity contribution in [2.24, 2.45) is 40.4 Å². The summed E-state index contributed by atoms with van der Waals surface area (Å²) in [5.74, 6) is 3.91. The molecule has 0 N–H and O–H groups in total. The molecule has 164 valence electrons. The Labute approximate surface area is 178 Å². The Balaban J connectivity index is 1.50. The molecule has 3 saturated carbocycles. The Hall–Kier alpha value is -0.830. The predicted molar refractivity (Wildman–Crippen MR) is 116 cm³/mol. The summed E-state index contributed by atoms with van der Waals surface area (Å²) in [6.07, 6.45) is 15.1. The fourth-order valence-electron chi connectivity index (χ4n) is 8.45. The van der Waals surface area contributed by atoms with Crippen LogP contribution in [0.15, 0.2) is 11.6 Å². The van der Waals surface area contributed by atoms with Gasteiger partial charge in [0.05, 0.1) is 13.2 Å². The van der Waals surface area contributed by atoms with Crippen molar-refractivity contribution >= 4 is 5.97 Å². The quantitative estimate of drug-likeness (QED) is 0.407. The van der Waals surface area contributed by atoms with E-state index in [0.717, 1.165) is 36.5 Å². The number of allylic oxidation sites excluding steroid dienone is 1. The number of esters is 1. The predicted octanol–water partition coefficient (Wildman–Crippen LogP) is 6.17. The lowest BCUT2D eigenvalue weighted by Crippen LogP contribution is -2.51. The largest absolute Gasteiger partial charge is 0.469 e. The van der Waals surface area contributed by atoms with Gasteiger partial charge in [-0.3, -0.25) is 4.79 Å². The maximum absolute atomic E-state index is 11.7. The van der Waals surface area contributed by atoms with Crippen LogP contribution in [0.3, 0.4) is 0 Å². The second kappa shape index (κ2) is 8.02. The van der Waals surface area contributed by atoms with Crippen LogP contribution in [0.5, 0.6) is 0 Å². The van der Waals surface area contributed by atoms with Gasteiger partial charge in [-0.2, -0.15) is 0 Å². The lowest BCUT2D eigenvalue weighted by molar-refractivity contribution is -0.141. The highest BCUT2D eigenvalue weighted by molar-refractivity contribution is 5.69. The van der Waals surface area contributed by atoms with Crippen molar-refractivity contribution < 1.29 is 14.3 Å². The van der Waals surface area contributed by atoms with Gasteiger partial charge < -0.3 is 9.47 Å². The van der Waals surface area contributed by atoms with E-state index in [9.17, 15) is 4.79 Å². The number of hydrogen-bond donors (Lipinski definition) is 0. The lowest BCUT2D eigenvalue weighted by atomic mass is 9.47.